The van der Waals surface area contributed by atoms with Gasteiger partial charge >= 0.3 is 0 Å². The Morgan fingerprint density at radius 3 is 3.00 bits per heavy atom. The summed E-state index contributed by atoms with van der Waals surface area (Å²) in [4.78, 5) is 10.2. The molecular formula is C15H19BrClFN6O. The van der Waals surface area contributed by atoms with Crippen LogP contribution in [0.1, 0.15) is 6.42 Å². The fourth-order valence-electron chi connectivity index (χ4n) is 2.75. The summed E-state index contributed by atoms with van der Waals surface area (Å²) in [6, 6.07) is 0. The van der Waals surface area contributed by atoms with Gasteiger partial charge in [0.2, 0.25) is 5.96 Å². The molecule has 1 saturated heterocycles. The Morgan fingerprint density at radius 1 is 1.48 bits per heavy atom. The predicted molar refractivity (Wildman–Crippen MR) is 102 cm³/mol. The molecule has 0 radical (unpaired) electrons. The van der Waals surface area contributed by atoms with Crippen molar-refractivity contribution in [2.75, 3.05) is 26.2 Å². The number of piperazine rings is 1. The summed E-state index contributed by atoms with van der Waals surface area (Å²) in [5, 5.41) is 16.7. The maximum atomic E-state index is 14.1. The molecule has 0 aromatic carbocycles. The van der Waals surface area contributed by atoms with E-state index in [0.717, 1.165) is 30.7 Å². The van der Waals surface area contributed by atoms with Crippen molar-refractivity contribution in [3.05, 3.63) is 21.9 Å². The molecular weight excluding hydrogens is 415 g/mol. The number of hydrazone groups is 1. The molecule has 1 fully saturated rings. The number of aliphatic hydroxyl groups is 1. The summed E-state index contributed by atoms with van der Waals surface area (Å²) in [5.41, 5.74) is 3.18. The lowest BCUT2D eigenvalue weighted by Gasteiger charge is -2.34. The van der Waals surface area contributed by atoms with Crippen LogP contribution in [0.5, 0.6) is 0 Å². The molecule has 0 saturated carbocycles. The van der Waals surface area contributed by atoms with Gasteiger partial charge in [-0.25, -0.2) is 19.8 Å². The summed E-state index contributed by atoms with van der Waals surface area (Å²) >= 11 is 9.42. The minimum atomic E-state index is -1.24. The lowest BCUT2D eigenvalue weighted by molar-refractivity contribution is 0.131. The van der Waals surface area contributed by atoms with Gasteiger partial charge in [-0.2, -0.15) is 5.10 Å². The van der Waals surface area contributed by atoms with Gasteiger partial charge in [0.1, 0.15) is 11.9 Å². The van der Waals surface area contributed by atoms with Gasteiger partial charge in [-0.05, 0) is 10.6 Å². The Labute approximate surface area is 158 Å². The molecule has 7 nitrogen and oxygen atoms in total. The number of nitrogens with one attached hydrogen (secondary N) is 2. The molecule has 2 aliphatic heterocycles. The van der Waals surface area contributed by atoms with E-state index in [1.54, 1.807) is 6.08 Å². The summed E-state index contributed by atoms with van der Waals surface area (Å²) in [6.45, 7) is 3.08. The highest BCUT2D eigenvalue weighted by molar-refractivity contribution is 9.11. The zero-order chi connectivity index (χ0) is 17.8. The van der Waals surface area contributed by atoms with E-state index >= 15 is 0 Å². The molecule has 3 N–H and O–H groups in total. The van der Waals surface area contributed by atoms with Gasteiger partial charge in [-0.15, -0.1) is 11.6 Å². The number of allylic oxidation sites excluding steroid dienone is 4. The molecule has 10 heteroatoms. The summed E-state index contributed by atoms with van der Waals surface area (Å²) < 4.78 is 15.0. The Hall–Kier alpha value is -1.29. The van der Waals surface area contributed by atoms with Gasteiger partial charge in [0.05, 0.1) is 11.6 Å². The number of rotatable bonds is 3. The predicted octanol–water partition coefficient (Wildman–Crippen LogP) is 1.67. The zero-order valence-corrected chi connectivity index (χ0v) is 15.7. The highest BCUT2D eigenvalue weighted by Crippen LogP contribution is 2.29. The third kappa shape index (κ3) is 4.66. The topological polar surface area (TPSA) is 84.6 Å². The molecule has 1 aliphatic carbocycles. The molecule has 0 bridgehead atoms. The van der Waals surface area contributed by atoms with Gasteiger partial charge in [0.15, 0.2) is 6.17 Å². The first kappa shape index (κ1) is 18.5. The molecule has 0 aromatic heterocycles. The highest BCUT2D eigenvalue weighted by atomic mass is 79.9. The van der Waals surface area contributed by atoms with Crippen LogP contribution < -0.4 is 10.7 Å². The average molecular weight is 434 g/mol. The highest BCUT2D eigenvalue weighted by Gasteiger charge is 2.30. The van der Waals surface area contributed by atoms with Gasteiger partial charge in [-0.3, -0.25) is 4.90 Å². The van der Waals surface area contributed by atoms with Crippen molar-refractivity contribution in [3.63, 3.8) is 0 Å². The Bertz CT molecular complexity index is 658. The largest absolute Gasteiger partial charge is 0.510 e. The Morgan fingerprint density at radius 2 is 2.24 bits per heavy atom. The first-order valence-electron chi connectivity index (χ1n) is 7.98. The third-order valence-corrected chi connectivity index (χ3v) is 4.96. The van der Waals surface area contributed by atoms with E-state index in [0.29, 0.717) is 12.0 Å². The van der Waals surface area contributed by atoms with E-state index in [2.05, 4.69) is 41.8 Å². The monoisotopic (exact) mass is 432 g/mol. The number of hydrogen-bond acceptors (Lipinski definition) is 7. The number of nitrogens with zero attached hydrogens (tertiary/aromatic N) is 4. The average Bonchev–Trinajstić information content (AvgIpc) is 2.61. The number of halogens is 3. The van der Waals surface area contributed by atoms with E-state index in [-0.39, 0.29) is 11.7 Å². The first-order chi connectivity index (χ1) is 12.0. The molecule has 136 valence electrons. The number of alkyl halides is 2. The van der Waals surface area contributed by atoms with Crippen molar-refractivity contribution < 1.29 is 9.50 Å². The third-order valence-electron chi connectivity index (χ3n) is 4.05. The second-order valence-electron chi connectivity index (χ2n) is 5.85. The molecule has 3 atom stereocenters. The molecule has 3 unspecified atom stereocenters. The maximum Gasteiger partial charge on any atom is 0.240 e. The maximum absolute atomic E-state index is 14.1. The molecule has 0 aromatic rings. The molecule has 0 spiro atoms. The minimum Gasteiger partial charge on any atom is -0.510 e. The van der Waals surface area contributed by atoms with E-state index in [1.165, 1.54) is 12.4 Å². The molecule has 3 rings (SSSR count). The van der Waals surface area contributed by atoms with Crippen LogP contribution in [-0.2, 0) is 0 Å². The van der Waals surface area contributed by atoms with Crippen molar-refractivity contribution in [1.29, 1.82) is 0 Å². The van der Waals surface area contributed by atoms with Crippen molar-refractivity contribution in [2.24, 2.45) is 15.1 Å². The van der Waals surface area contributed by atoms with Crippen molar-refractivity contribution >= 4 is 45.9 Å². The van der Waals surface area contributed by atoms with Crippen LogP contribution in [0.15, 0.2) is 37.0 Å². The second kappa shape index (κ2) is 8.39. The minimum absolute atomic E-state index is 0.0621. The van der Waals surface area contributed by atoms with Crippen LogP contribution in [0.25, 0.3) is 0 Å². The molecule has 25 heavy (non-hydrogen) atoms. The smallest absolute Gasteiger partial charge is 0.240 e. The molecule has 3 aliphatic rings. The van der Waals surface area contributed by atoms with Gasteiger partial charge in [0, 0.05) is 44.4 Å². The SMILES string of the molecule is OC1=C(/C=N/NC2=NC(N3CCNCC3)C(F)C=N2)C=C(Br)CC1Cl. The van der Waals surface area contributed by atoms with Gasteiger partial charge < -0.3 is 10.4 Å². The van der Waals surface area contributed by atoms with E-state index in [9.17, 15) is 9.50 Å². The summed E-state index contributed by atoms with van der Waals surface area (Å²) in [7, 11) is 0. The zero-order valence-electron chi connectivity index (χ0n) is 13.4. The lowest BCUT2D eigenvalue weighted by atomic mass is 10.1. The number of guanidine groups is 1. The molecule has 0 amide bonds. The number of aliphatic imine (C=N–C) groups is 2. The summed E-state index contributed by atoms with van der Waals surface area (Å²) in [5.74, 6) is 0.294. The number of aliphatic hydroxyl groups excluding tert-OH is 1. The Balaban J connectivity index is 1.66. The van der Waals surface area contributed by atoms with Crippen LogP contribution in [-0.4, -0.2) is 72.3 Å². The van der Waals surface area contributed by atoms with Crippen molar-refractivity contribution in [1.82, 2.24) is 15.6 Å². The van der Waals surface area contributed by atoms with Crippen LogP contribution >= 0.6 is 27.5 Å². The Kier molecular flexibility index (Phi) is 6.21. The fraction of sp³-hybridized carbons (Fsp3) is 0.533. The second-order valence-corrected chi connectivity index (χ2v) is 7.39. The lowest BCUT2D eigenvalue weighted by Crippen LogP contribution is -2.52. The molecule has 2 heterocycles. The van der Waals surface area contributed by atoms with Crippen molar-refractivity contribution in [3.8, 4) is 0 Å². The number of hydrogen-bond donors (Lipinski definition) is 3. The van der Waals surface area contributed by atoms with E-state index < -0.39 is 17.7 Å². The van der Waals surface area contributed by atoms with E-state index in [4.69, 9.17) is 11.6 Å². The normalized spacial score (nSPS) is 31.2. The van der Waals surface area contributed by atoms with Crippen molar-refractivity contribution in [2.45, 2.75) is 24.1 Å². The van der Waals surface area contributed by atoms with Crippen LogP contribution in [0.3, 0.4) is 0 Å². The van der Waals surface area contributed by atoms with Gasteiger partial charge in [-0.1, -0.05) is 15.9 Å². The fourth-order valence-corrected chi connectivity index (χ4v) is 3.80. The van der Waals surface area contributed by atoms with Crippen LogP contribution in [0, 0.1) is 0 Å². The quantitative estimate of drug-likeness (QED) is 0.359. The summed E-state index contributed by atoms with van der Waals surface area (Å²) in [6.07, 6.45) is 3.10. The van der Waals surface area contributed by atoms with Crippen LogP contribution in [0.4, 0.5) is 4.39 Å². The standard InChI is InChI=1S/C15H19BrClFN6O/c16-10-5-9(13(25)11(17)6-10)7-21-23-15-20-8-12(18)14(22-15)24-3-1-19-2-4-24/h5,7-8,11-12,14,19,25H,1-4,6H2,(H,22,23)/b21-7+. The van der Waals surface area contributed by atoms with Crippen LogP contribution in [0.2, 0.25) is 0 Å². The first-order valence-corrected chi connectivity index (χ1v) is 9.20. The van der Waals surface area contributed by atoms with E-state index in [1.807, 2.05) is 4.90 Å². The van der Waals surface area contributed by atoms with Gasteiger partial charge in [0.25, 0.3) is 0 Å².